The number of anilines is 1. The lowest BCUT2D eigenvalue weighted by atomic mass is 10.1. The summed E-state index contributed by atoms with van der Waals surface area (Å²) < 4.78 is 41.5. The van der Waals surface area contributed by atoms with Crippen LogP contribution in [0.4, 0.5) is 19.1 Å². The topological polar surface area (TPSA) is 58.9 Å². The molecule has 1 N–H and O–H groups in total. The number of aromatic nitrogens is 4. The van der Waals surface area contributed by atoms with Gasteiger partial charge in [-0.1, -0.05) is 0 Å². The van der Waals surface area contributed by atoms with Crippen LogP contribution in [-0.2, 0) is 6.18 Å². The van der Waals surface area contributed by atoms with Gasteiger partial charge in [0.05, 0.1) is 17.9 Å². The third-order valence-electron chi connectivity index (χ3n) is 4.72. The third-order valence-corrected chi connectivity index (χ3v) is 4.72. The van der Waals surface area contributed by atoms with Crippen molar-refractivity contribution >= 4 is 5.95 Å². The highest BCUT2D eigenvalue weighted by molar-refractivity contribution is 5.59. The van der Waals surface area contributed by atoms with E-state index < -0.39 is 11.9 Å². The normalized spacial score (nSPS) is 19.1. The fourth-order valence-electron chi connectivity index (χ4n) is 3.13. The standard InChI is InChI=1S/C16H19F3N6/c17-16(18,19)14-8-13(22-15(23-14)24-6-1-7-24)11-9-21-25(10-11)12-2-4-20-5-3-12/h8-10,12,20H,1-7H2. The number of halogens is 3. The number of hydrogen-bond donors (Lipinski definition) is 1. The molecule has 4 rings (SSSR count). The monoisotopic (exact) mass is 352 g/mol. The second-order valence-electron chi connectivity index (χ2n) is 6.47. The van der Waals surface area contributed by atoms with E-state index in [0.29, 0.717) is 18.7 Å². The van der Waals surface area contributed by atoms with Gasteiger partial charge in [0.2, 0.25) is 5.95 Å². The summed E-state index contributed by atoms with van der Waals surface area (Å²) in [6.45, 7) is 3.22. The number of rotatable bonds is 3. The Kier molecular flexibility index (Phi) is 4.10. The van der Waals surface area contributed by atoms with Crippen LogP contribution in [0.25, 0.3) is 11.3 Å². The minimum Gasteiger partial charge on any atom is -0.341 e. The molecule has 0 unspecified atom stereocenters. The minimum absolute atomic E-state index is 0.144. The molecule has 0 bridgehead atoms. The van der Waals surface area contributed by atoms with Crippen LogP contribution < -0.4 is 10.2 Å². The molecule has 0 atom stereocenters. The molecule has 2 saturated heterocycles. The largest absolute Gasteiger partial charge is 0.433 e. The fraction of sp³-hybridized carbons (Fsp3) is 0.562. The molecule has 0 spiro atoms. The molecule has 134 valence electrons. The van der Waals surface area contributed by atoms with Crippen LogP contribution in [0.2, 0.25) is 0 Å². The second kappa shape index (κ2) is 6.29. The molecule has 2 aromatic rings. The van der Waals surface area contributed by atoms with Gasteiger partial charge in [0.25, 0.3) is 0 Å². The lowest BCUT2D eigenvalue weighted by Crippen LogP contribution is -2.38. The van der Waals surface area contributed by atoms with Gasteiger partial charge in [-0.05, 0) is 38.4 Å². The molecule has 2 aliphatic heterocycles. The van der Waals surface area contributed by atoms with Crippen LogP contribution in [-0.4, -0.2) is 45.9 Å². The van der Waals surface area contributed by atoms with Crippen molar-refractivity contribution in [1.82, 2.24) is 25.1 Å². The van der Waals surface area contributed by atoms with E-state index in [4.69, 9.17) is 0 Å². The van der Waals surface area contributed by atoms with Gasteiger partial charge in [-0.25, -0.2) is 9.97 Å². The van der Waals surface area contributed by atoms with Crippen LogP contribution in [0.5, 0.6) is 0 Å². The summed E-state index contributed by atoms with van der Waals surface area (Å²) in [5, 5.41) is 7.64. The highest BCUT2D eigenvalue weighted by Crippen LogP contribution is 2.33. The lowest BCUT2D eigenvalue weighted by molar-refractivity contribution is -0.141. The summed E-state index contributed by atoms with van der Waals surface area (Å²) in [6, 6.07) is 1.28. The number of nitrogens with one attached hydrogen (secondary N) is 1. The Morgan fingerprint density at radius 1 is 1.12 bits per heavy atom. The molecule has 4 heterocycles. The third kappa shape index (κ3) is 3.33. The first-order valence-corrected chi connectivity index (χ1v) is 8.47. The van der Waals surface area contributed by atoms with Crippen molar-refractivity contribution in [1.29, 1.82) is 0 Å². The molecule has 25 heavy (non-hydrogen) atoms. The van der Waals surface area contributed by atoms with Crippen molar-refractivity contribution in [3.63, 3.8) is 0 Å². The number of piperidine rings is 1. The Morgan fingerprint density at radius 2 is 1.88 bits per heavy atom. The Balaban J connectivity index is 1.68. The van der Waals surface area contributed by atoms with E-state index in [9.17, 15) is 13.2 Å². The van der Waals surface area contributed by atoms with Crippen LogP contribution in [0.3, 0.4) is 0 Å². The highest BCUT2D eigenvalue weighted by Gasteiger charge is 2.35. The molecular formula is C16H19F3N6. The van der Waals surface area contributed by atoms with Gasteiger partial charge in [0.1, 0.15) is 0 Å². The quantitative estimate of drug-likeness (QED) is 0.920. The lowest BCUT2D eigenvalue weighted by Gasteiger charge is -2.31. The van der Waals surface area contributed by atoms with Crippen molar-refractivity contribution < 1.29 is 13.2 Å². The van der Waals surface area contributed by atoms with E-state index in [1.807, 2.05) is 4.68 Å². The van der Waals surface area contributed by atoms with E-state index in [-0.39, 0.29) is 17.7 Å². The van der Waals surface area contributed by atoms with E-state index in [2.05, 4.69) is 20.4 Å². The maximum Gasteiger partial charge on any atom is 0.433 e. The van der Waals surface area contributed by atoms with E-state index >= 15 is 0 Å². The molecule has 0 aliphatic carbocycles. The SMILES string of the molecule is FC(F)(F)c1cc(-c2cnn(C3CCNCC3)c2)nc(N2CCC2)n1. The molecule has 0 radical (unpaired) electrons. The molecule has 9 heteroatoms. The van der Waals surface area contributed by atoms with Gasteiger partial charge in [-0.15, -0.1) is 0 Å². The van der Waals surface area contributed by atoms with Crippen molar-refractivity contribution in [3.05, 3.63) is 24.2 Å². The van der Waals surface area contributed by atoms with Crippen molar-refractivity contribution in [2.45, 2.75) is 31.5 Å². The maximum atomic E-state index is 13.2. The van der Waals surface area contributed by atoms with Crippen LogP contribution in [0.15, 0.2) is 18.5 Å². The summed E-state index contributed by atoms with van der Waals surface area (Å²) in [7, 11) is 0. The van der Waals surface area contributed by atoms with Crippen LogP contribution in [0.1, 0.15) is 31.0 Å². The molecule has 2 aliphatic rings. The zero-order valence-corrected chi connectivity index (χ0v) is 13.6. The number of nitrogens with zero attached hydrogens (tertiary/aromatic N) is 5. The van der Waals surface area contributed by atoms with Gasteiger partial charge in [0.15, 0.2) is 5.69 Å². The predicted octanol–water partition coefficient (Wildman–Crippen LogP) is 2.49. The summed E-state index contributed by atoms with van der Waals surface area (Å²) in [5.41, 5.74) is -0.0494. The van der Waals surface area contributed by atoms with Gasteiger partial charge in [-0.3, -0.25) is 4.68 Å². The van der Waals surface area contributed by atoms with Crippen molar-refractivity contribution in [3.8, 4) is 11.3 Å². The van der Waals surface area contributed by atoms with E-state index in [0.717, 1.165) is 38.4 Å². The zero-order valence-electron chi connectivity index (χ0n) is 13.6. The summed E-state index contributed by atoms with van der Waals surface area (Å²) in [4.78, 5) is 9.81. The molecule has 0 saturated carbocycles. The van der Waals surface area contributed by atoms with Crippen LogP contribution in [0, 0.1) is 0 Å². The van der Waals surface area contributed by atoms with Gasteiger partial charge in [0, 0.05) is 24.8 Å². The molecule has 2 fully saturated rings. The Labute approximate surface area is 143 Å². The van der Waals surface area contributed by atoms with Gasteiger partial charge >= 0.3 is 6.18 Å². The summed E-state index contributed by atoms with van der Waals surface area (Å²) >= 11 is 0. The molecule has 6 nitrogen and oxygen atoms in total. The molecular weight excluding hydrogens is 333 g/mol. The predicted molar refractivity (Wildman–Crippen MR) is 86.2 cm³/mol. The number of hydrogen-bond acceptors (Lipinski definition) is 5. The van der Waals surface area contributed by atoms with Crippen molar-refractivity contribution in [2.24, 2.45) is 0 Å². The Bertz CT molecular complexity index is 747. The van der Waals surface area contributed by atoms with Gasteiger partial charge < -0.3 is 10.2 Å². The summed E-state index contributed by atoms with van der Waals surface area (Å²) in [5.74, 6) is 0.144. The first-order chi connectivity index (χ1) is 12.0. The average molecular weight is 352 g/mol. The average Bonchev–Trinajstić information content (AvgIpc) is 3.03. The first-order valence-electron chi connectivity index (χ1n) is 8.47. The van der Waals surface area contributed by atoms with E-state index in [1.165, 1.54) is 0 Å². The van der Waals surface area contributed by atoms with Gasteiger partial charge in [-0.2, -0.15) is 18.3 Å². The second-order valence-corrected chi connectivity index (χ2v) is 6.47. The molecule has 2 aromatic heterocycles. The van der Waals surface area contributed by atoms with E-state index in [1.54, 1.807) is 17.3 Å². The fourth-order valence-corrected chi connectivity index (χ4v) is 3.13. The molecule has 0 amide bonds. The Hall–Kier alpha value is -2.16. The highest BCUT2D eigenvalue weighted by atomic mass is 19.4. The van der Waals surface area contributed by atoms with Crippen LogP contribution >= 0.6 is 0 Å². The van der Waals surface area contributed by atoms with Crippen molar-refractivity contribution in [2.75, 3.05) is 31.1 Å². The number of alkyl halides is 3. The molecule has 0 aromatic carbocycles. The minimum atomic E-state index is -4.50. The Morgan fingerprint density at radius 3 is 2.52 bits per heavy atom. The zero-order chi connectivity index (χ0) is 17.4. The summed E-state index contributed by atoms with van der Waals surface area (Å²) in [6.07, 6.45) is 1.74. The maximum absolute atomic E-state index is 13.2. The smallest absolute Gasteiger partial charge is 0.341 e. The first kappa shape index (κ1) is 16.3.